The van der Waals surface area contributed by atoms with Crippen LogP contribution in [0.25, 0.3) is 0 Å². The van der Waals surface area contributed by atoms with Crippen molar-refractivity contribution < 1.29 is 4.74 Å². The number of aromatic nitrogens is 1. The molecule has 1 N–H and O–H groups in total. The Labute approximate surface area is 122 Å². The molecule has 0 saturated carbocycles. The fourth-order valence-corrected chi connectivity index (χ4v) is 2.06. The average Bonchev–Trinajstić information content (AvgIpc) is 2.45. The predicted molar refractivity (Wildman–Crippen MR) is 79.7 cm³/mol. The highest BCUT2D eigenvalue weighted by Crippen LogP contribution is 2.16. The molecule has 2 aromatic rings. The first-order valence-electron chi connectivity index (χ1n) is 6.28. The Morgan fingerprint density at radius 1 is 1.11 bits per heavy atom. The van der Waals surface area contributed by atoms with E-state index in [-0.39, 0.29) is 0 Å². The Bertz CT molecular complexity index is 491. The number of nitrogens with zero attached hydrogens (tertiary/aromatic N) is 1. The van der Waals surface area contributed by atoms with Gasteiger partial charge in [-0.1, -0.05) is 40.2 Å². The first-order chi connectivity index (χ1) is 9.36. The second-order valence-corrected chi connectivity index (χ2v) is 5.00. The monoisotopic (exact) mass is 320 g/mol. The second kappa shape index (κ2) is 8.04. The predicted octanol–water partition coefficient (Wildman–Crippen LogP) is 3.15. The third-order valence-corrected chi connectivity index (χ3v) is 3.44. The van der Waals surface area contributed by atoms with Gasteiger partial charge in [-0.05, 0) is 23.8 Å². The van der Waals surface area contributed by atoms with Crippen molar-refractivity contribution in [1.82, 2.24) is 10.3 Å². The quantitative estimate of drug-likeness (QED) is 0.796. The van der Waals surface area contributed by atoms with Gasteiger partial charge in [0, 0.05) is 23.8 Å². The highest BCUT2D eigenvalue weighted by atomic mass is 79.9. The molecule has 0 bridgehead atoms. The van der Waals surface area contributed by atoms with Crippen LogP contribution in [0, 0.1) is 0 Å². The lowest BCUT2D eigenvalue weighted by molar-refractivity contribution is 0.122. The van der Waals surface area contributed by atoms with Gasteiger partial charge in [0.15, 0.2) is 0 Å². The molecule has 2 rings (SSSR count). The number of hydrogen-bond acceptors (Lipinski definition) is 3. The van der Waals surface area contributed by atoms with Crippen LogP contribution in [-0.2, 0) is 17.9 Å². The number of ether oxygens (including phenoxy) is 1. The molecule has 0 aliphatic rings. The Morgan fingerprint density at radius 2 is 1.95 bits per heavy atom. The summed E-state index contributed by atoms with van der Waals surface area (Å²) in [6.45, 7) is 2.92. The second-order valence-electron chi connectivity index (χ2n) is 4.14. The van der Waals surface area contributed by atoms with Crippen molar-refractivity contribution >= 4 is 15.9 Å². The maximum absolute atomic E-state index is 5.63. The van der Waals surface area contributed by atoms with Gasteiger partial charge < -0.3 is 10.1 Å². The van der Waals surface area contributed by atoms with E-state index in [9.17, 15) is 0 Å². The molecule has 0 atom stereocenters. The van der Waals surface area contributed by atoms with E-state index in [0.29, 0.717) is 13.2 Å². The minimum absolute atomic E-state index is 0.632. The standard InChI is InChI=1S/C15H17BrN2O/c16-15-7-2-1-5-13(15)12-19-10-9-17-11-14-6-3-4-8-18-14/h1-8,17H,9-12H2. The fourth-order valence-electron chi connectivity index (χ4n) is 1.66. The van der Waals surface area contributed by atoms with Gasteiger partial charge in [-0.3, -0.25) is 4.98 Å². The van der Waals surface area contributed by atoms with Crippen LogP contribution in [-0.4, -0.2) is 18.1 Å². The van der Waals surface area contributed by atoms with Gasteiger partial charge in [0.2, 0.25) is 0 Å². The zero-order valence-electron chi connectivity index (χ0n) is 10.7. The van der Waals surface area contributed by atoms with Crippen molar-refractivity contribution in [3.63, 3.8) is 0 Å². The highest BCUT2D eigenvalue weighted by molar-refractivity contribution is 9.10. The van der Waals surface area contributed by atoms with Gasteiger partial charge in [-0.2, -0.15) is 0 Å². The maximum atomic E-state index is 5.63. The SMILES string of the molecule is Brc1ccccc1COCCNCc1ccccn1. The van der Waals surface area contributed by atoms with Gasteiger partial charge in [0.1, 0.15) is 0 Å². The number of rotatable bonds is 7. The normalized spacial score (nSPS) is 10.6. The van der Waals surface area contributed by atoms with Crippen LogP contribution in [0.15, 0.2) is 53.1 Å². The van der Waals surface area contributed by atoms with Crippen LogP contribution in [0.2, 0.25) is 0 Å². The van der Waals surface area contributed by atoms with Crippen molar-refractivity contribution in [2.75, 3.05) is 13.2 Å². The van der Waals surface area contributed by atoms with Gasteiger partial charge in [-0.15, -0.1) is 0 Å². The summed E-state index contributed by atoms with van der Waals surface area (Å²) in [5, 5.41) is 3.30. The minimum atomic E-state index is 0.632. The molecular formula is C15H17BrN2O. The lowest BCUT2D eigenvalue weighted by Crippen LogP contribution is -2.19. The van der Waals surface area contributed by atoms with E-state index in [2.05, 4.69) is 32.3 Å². The Morgan fingerprint density at radius 3 is 2.74 bits per heavy atom. The van der Waals surface area contributed by atoms with Crippen LogP contribution < -0.4 is 5.32 Å². The van der Waals surface area contributed by atoms with E-state index in [1.807, 2.05) is 36.4 Å². The van der Waals surface area contributed by atoms with E-state index in [4.69, 9.17) is 4.74 Å². The van der Waals surface area contributed by atoms with E-state index in [0.717, 1.165) is 23.3 Å². The molecule has 0 radical (unpaired) electrons. The Balaban J connectivity index is 1.59. The van der Waals surface area contributed by atoms with Gasteiger partial charge >= 0.3 is 0 Å². The topological polar surface area (TPSA) is 34.1 Å². The molecule has 1 aromatic heterocycles. The minimum Gasteiger partial charge on any atom is -0.375 e. The Hall–Kier alpha value is -1.23. The maximum Gasteiger partial charge on any atom is 0.0728 e. The molecule has 1 aromatic carbocycles. The number of hydrogen-bond donors (Lipinski definition) is 1. The van der Waals surface area contributed by atoms with Gasteiger partial charge in [0.25, 0.3) is 0 Å². The number of halogens is 1. The molecule has 19 heavy (non-hydrogen) atoms. The van der Waals surface area contributed by atoms with Crippen molar-refractivity contribution in [2.45, 2.75) is 13.2 Å². The molecule has 0 aliphatic carbocycles. The molecule has 1 heterocycles. The lowest BCUT2D eigenvalue weighted by Gasteiger charge is -2.07. The lowest BCUT2D eigenvalue weighted by atomic mass is 10.2. The summed E-state index contributed by atoms with van der Waals surface area (Å²) in [5.74, 6) is 0. The van der Waals surface area contributed by atoms with Crippen LogP contribution in [0.1, 0.15) is 11.3 Å². The summed E-state index contributed by atoms with van der Waals surface area (Å²) < 4.78 is 6.72. The molecule has 4 heteroatoms. The van der Waals surface area contributed by atoms with Gasteiger partial charge in [0.05, 0.1) is 18.9 Å². The van der Waals surface area contributed by atoms with E-state index < -0.39 is 0 Å². The average molecular weight is 321 g/mol. The summed E-state index contributed by atoms with van der Waals surface area (Å²) >= 11 is 3.51. The molecule has 0 unspecified atom stereocenters. The molecule has 100 valence electrons. The Kier molecular flexibility index (Phi) is 6.01. The smallest absolute Gasteiger partial charge is 0.0728 e. The summed E-state index contributed by atoms with van der Waals surface area (Å²) in [7, 11) is 0. The molecular weight excluding hydrogens is 304 g/mol. The molecule has 0 fully saturated rings. The zero-order chi connectivity index (χ0) is 13.3. The first-order valence-corrected chi connectivity index (χ1v) is 7.07. The van der Waals surface area contributed by atoms with Crippen molar-refractivity contribution in [2.24, 2.45) is 0 Å². The molecule has 0 spiro atoms. The molecule has 0 amide bonds. The fraction of sp³-hybridized carbons (Fsp3) is 0.267. The van der Waals surface area contributed by atoms with Crippen LogP contribution in [0.3, 0.4) is 0 Å². The largest absolute Gasteiger partial charge is 0.375 e. The van der Waals surface area contributed by atoms with Crippen LogP contribution in [0.4, 0.5) is 0 Å². The summed E-state index contributed by atoms with van der Waals surface area (Å²) in [6.07, 6.45) is 1.81. The number of benzene rings is 1. The molecule has 0 saturated heterocycles. The van der Waals surface area contributed by atoms with Gasteiger partial charge in [-0.25, -0.2) is 0 Å². The summed E-state index contributed by atoms with van der Waals surface area (Å²) in [4.78, 5) is 4.25. The number of nitrogens with one attached hydrogen (secondary N) is 1. The zero-order valence-corrected chi connectivity index (χ0v) is 12.3. The molecule has 3 nitrogen and oxygen atoms in total. The van der Waals surface area contributed by atoms with Crippen LogP contribution >= 0.6 is 15.9 Å². The first kappa shape index (κ1) is 14.2. The highest BCUT2D eigenvalue weighted by Gasteiger charge is 1.98. The van der Waals surface area contributed by atoms with Crippen molar-refractivity contribution in [1.29, 1.82) is 0 Å². The van der Waals surface area contributed by atoms with E-state index in [1.54, 1.807) is 6.20 Å². The summed E-state index contributed by atoms with van der Waals surface area (Å²) in [6, 6.07) is 14.0. The summed E-state index contributed by atoms with van der Waals surface area (Å²) in [5.41, 5.74) is 2.22. The molecule has 0 aliphatic heterocycles. The van der Waals surface area contributed by atoms with E-state index >= 15 is 0 Å². The van der Waals surface area contributed by atoms with Crippen molar-refractivity contribution in [3.8, 4) is 0 Å². The number of pyridine rings is 1. The third-order valence-electron chi connectivity index (χ3n) is 2.67. The van der Waals surface area contributed by atoms with Crippen molar-refractivity contribution in [3.05, 3.63) is 64.4 Å². The third kappa shape index (κ3) is 5.11. The van der Waals surface area contributed by atoms with Crippen LogP contribution in [0.5, 0.6) is 0 Å². The van der Waals surface area contributed by atoms with E-state index in [1.165, 1.54) is 5.56 Å².